The van der Waals surface area contributed by atoms with E-state index in [9.17, 15) is 0 Å². The predicted octanol–water partition coefficient (Wildman–Crippen LogP) is 1.83. The number of hydrogen-bond acceptors (Lipinski definition) is 4. The molecule has 0 saturated carbocycles. The molecule has 17 heavy (non-hydrogen) atoms. The van der Waals surface area contributed by atoms with Crippen LogP contribution in [-0.2, 0) is 9.47 Å². The second kappa shape index (κ2) is 8.86. The average Bonchev–Trinajstić information content (AvgIpc) is 2.80. The van der Waals surface area contributed by atoms with Gasteiger partial charge in [0.25, 0.3) is 0 Å². The molecule has 1 heterocycles. The summed E-state index contributed by atoms with van der Waals surface area (Å²) in [5, 5.41) is 17.5. The zero-order valence-electron chi connectivity index (χ0n) is 10.7. The molecule has 4 heteroatoms. The largest absolute Gasteiger partial charge is 0.396 e. The number of aliphatic hydroxyl groups is 2. The van der Waals surface area contributed by atoms with Crippen molar-refractivity contribution < 1.29 is 19.7 Å². The molecule has 1 rings (SSSR count). The Morgan fingerprint density at radius 2 is 1.18 bits per heavy atom. The highest BCUT2D eigenvalue weighted by molar-refractivity contribution is 4.74. The van der Waals surface area contributed by atoms with Crippen molar-refractivity contribution >= 4 is 0 Å². The van der Waals surface area contributed by atoms with Crippen molar-refractivity contribution in [1.29, 1.82) is 0 Å². The molecule has 0 aromatic carbocycles. The van der Waals surface area contributed by atoms with Crippen LogP contribution in [0.2, 0.25) is 0 Å². The summed E-state index contributed by atoms with van der Waals surface area (Å²) in [4.78, 5) is 0. The van der Waals surface area contributed by atoms with Gasteiger partial charge in [0.2, 0.25) is 0 Å². The third-order valence-corrected chi connectivity index (χ3v) is 3.25. The lowest BCUT2D eigenvalue weighted by molar-refractivity contribution is -0.168. The monoisotopic (exact) mass is 246 g/mol. The highest BCUT2D eigenvalue weighted by atomic mass is 16.7. The standard InChI is InChI=1S/C13H26O4/c14-9-5-1-3-7-13(16-11-12-17-13)8-4-2-6-10-15/h14-15H,1-12H2. The Morgan fingerprint density at radius 3 is 1.59 bits per heavy atom. The van der Waals surface area contributed by atoms with Crippen LogP contribution in [0, 0.1) is 0 Å². The van der Waals surface area contributed by atoms with Crippen LogP contribution in [-0.4, -0.2) is 42.4 Å². The minimum absolute atomic E-state index is 0.269. The molecule has 1 fully saturated rings. The smallest absolute Gasteiger partial charge is 0.168 e. The average molecular weight is 246 g/mol. The molecule has 0 spiro atoms. The molecule has 0 bridgehead atoms. The summed E-state index contributed by atoms with van der Waals surface area (Å²) in [6.07, 6.45) is 7.71. The van der Waals surface area contributed by atoms with Crippen LogP contribution in [0.1, 0.15) is 51.4 Å². The van der Waals surface area contributed by atoms with Gasteiger partial charge in [0, 0.05) is 26.1 Å². The first-order chi connectivity index (χ1) is 8.33. The van der Waals surface area contributed by atoms with Crippen LogP contribution < -0.4 is 0 Å². The van der Waals surface area contributed by atoms with E-state index in [1.54, 1.807) is 0 Å². The van der Waals surface area contributed by atoms with Crippen molar-refractivity contribution in [2.75, 3.05) is 26.4 Å². The van der Waals surface area contributed by atoms with Gasteiger partial charge in [-0.25, -0.2) is 0 Å². The van der Waals surface area contributed by atoms with E-state index in [0.29, 0.717) is 13.2 Å². The Hall–Kier alpha value is -0.160. The molecule has 0 unspecified atom stereocenters. The van der Waals surface area contributed by atoms with Crippen molar-refractivity contribution in [3.05, 3.63) is 0 Å². The zero-order valence-corrected chi connectivity index (χ0v) is 10.7. The highest BCUT2D eigenvalue weighted by Gasteiger charge is 2.34. The minimum atomic E-state index is -0.370. The molecule has 0 atom stereocenters. The maximum Gasteiger partial charge on any atom is 0.168 e. The third-order valence-electron chi connectivity index (χ3n) is 3.25. The van der Waals surface area contributed by atoms with Crippen LogP contribution in [0.4, 0.5) is 0 Å². The molecule has 2 N–H and O–H groups in total. The van der Waals surface area contributed by atoms with E-state index in [2.05, 4.69) is 0 Å². The van der Waals surface area contributed by atoms with E-state index in [1.807, 2.05) is 0 Å². The SMILES string of the molecule is OCCCCCC1(CCCCCO)OCCO1. The molecule has 0 amide bonds. The molecule has 1 aliphatic rings. The Morgan fingerprint density at radius 1 is 0.706 bits per heavy atom. The second-order valence-electron chi connectivity index (χ2n) is 4.68. The Balaban J connectivity index is 2.19. The highest BCUT2D eigenvalue weighted by Crippen LogP contribution is 2.31. The van der Waals surface area contributed by atoms with E-state index in [0.717, 1.165) is 51.4 Å². The molecule has 1 saturated heterocycles. The lowest BCUT2D eigenvalue weighted by Gasteiger charge is -2.27. The second-order valence-corrected chi connectivity index (χ2v) is 4.68. The van der Waals surface area contributed by atoms with Crippen molar-refractivity contribution in [3.63, 3.8) is 0 Å². The minimum Gasteiger partial charge on any atom is -0.396 e. The van der Waals surface area contributed by atoms with Gasteiger partial charge in [0.1, 0.15) is 0 Å². The van der Waals surface area contributed by atoms with E-state index in [-0.39, 0.29) is 19.0 Å². The summed E-state index contributed by atoms with van der Waals surface area (Å²) in [5.41, 5.74) is 0. The molecule has 0 radical (unpaired) electrons. The molecular formula is C13H26O4. The van der Waals surface area contributed by atoms with Gasteiger partial charge in [-0.2, -0.15) is 0 Å². The normalized spacial score (nSPS) is 18.7. The molecule has 0 aromatic rings. The van der Waals surface area contributed by atoms with Crippen molar-refractivity contribution in [2.45, 2.75) is 57.2 Å². The molecule has 0 aliphatic carbocycles. The van der Waals surface area contributed by atoms with Crippen molar-refractivity contribution in [1.82, 2.24) is 0 Å². The quantitative estimate of drug-likeness (QED) is 0.577. The maximum atomic E-state index is 8.74. The first-order valence-corrected chi connectivity index (χ1v) is 6.83. The van der Waals surface area contributed by atoms with Crippen molar-refractivity contribution in [3.8, 4) is 0 Å². The fourth-order valence-corrected chi connectivity index (χ4v) is 2.28. The van der Waals surface area contributed by atoms with E-state index in [4.69, 9.17) is 19.7 Å². The number of hydrogen-bond donors (Lipinski definition) is 2. The summed E-state index contributed by atoms with van der Waals surface area (Å²) in [6, 6.07) is 0. The van der Waals surface area contributed by atoms with Gasteiger partial charge < -0.3 is 19.7 Å². The lowest BCUT2D eigenvalue weighted by atomic mass is 10.0. The van der Waals surface area contributed by atoms with E-state index < -0.39 is 0 Å². The molecular weight excluding hydrogens is 220 g/mol. The molecule has 1 aliphatic heterocycles. The number of ether oxygens (including phenoxy) is 2. The molecule has 0 aromatic heterocycles. The maximum absolute atomic E-state index is 8.74. The van der Waals surface area contributed by atoms with E-state index >= 15 is 0 Å². The zero-order chi connectivity index (χ0) is 12.4. The first kappa shape index (κ1) is 14.9. The van der Waals surface area contributed by atoms with Gasteiger partial charge in [0.05, 0.1) is 13.2 Å². The van der Waals surface area contributed by atoms with E-state index in [1.165, 1.54) is 0 Å². The number of rotatable bonds is 10. The van der Waals surface area contributed by atoms with Crippen LogP contribution in [0.5, 0.6) is 0 Å². The fourth-order valence-electron chi connectivity index (χ4n) is 2.28. The molecule has 102 valence electrons. The predicted molar refractivity (Wildman–Crippen MR) is 65.7 cm³/mol. The summed E-state index contributed by atoms with van der Waals surface area (Å²) in [6.45, 7) is 1.93. The van der Waals surface area contributed by atoms with Crippen LogP contribution in [0.3, 0.4) is 0 Å². The first-order valence-electron chi connectivity index (χ1n) is 6.83. The third kappa shape index (κ3) is 5.82. The lowest BCUT2D eigenvalue weighted by Crippen LogP contribution is -2.30. The Kier molecular flexibility index (Phi) is 7.77. The summed E-state index contributed by atoms with van der Waals surface area (Å²) in [7, 11) is 0. The summed E-state index contributed by atoms with van der Waals surface area (Å²) >= 11 is 0. The van der Waals surface area contributed by atoms with Crippen molar-refractivity contribution in [2.24, 2.45) is 0 Å². The van der Waals surface area contributed by atoms with Crippen LogP contribution in [0.15, 0.2) is 0 Å². The van der Waals surface area contributed by atoms with Gasteiger partial charge in [-0.15, -0.1) is 0 Å². The van der Waals surface area contributed by atoms with Gasteiger partial charge >= 0.3 is 0 Å². The summed E-state index contributed by atoms with van der Waals surface area (Å²) in [5.74, 6) is -0.370. The van der Waals surface area contributed by atoms with Gasteiger partial charge in [-0.1, -0.05) is 12.8 Å². The van der Waals surface area contributed by atoms with Gasteiger partial charge in [-0.3, -0.25) is 0 Å². The fraction of sp³-hybridized carbons (Fsp3) is 1.00. The number of aliphatic hydroxyl groups excluding tert-OH is 2. The van der Waals surface area contributed by atoms with Crippen LogP contribution in [0.25, 0.3) is 0 Å². The topological polar surface area (TPSA) is 58.9 Å². The Labute approximate surface area is 104 Å². The van der Waals surface area contributed by atoms with Crippen LogP contribution >= 0.6 is 0 Å². The Bertz CT molecular complexity index is 164. The summed E-state index contributed by atoms with van der Waals surface area (Å²) < 4.78 is 11.5. The van der Waals surface area contributed by atoms with Gasteiger partial charge in [-0.05, 0) is 25.7 Å². The molecule has 4 nitrogen and oxygen atoms in total. The van der Waals surface area contributed by atoms with Gasteiger partial charge in [0.15, 0.2) is 5.79 Å². The number of unbranched alkanes of at least 4 members (excludes halogenated alkanes) is 4.